The van der Waals surface area contributed by atoms with Gasteiger partial charge < -0.3 is 24.1 Å². The molecule has 1 aliphatic carbocycles. The highest BCUT2D eigenvalue weighted by molar-refractivity contribution is 5.95. The maximum atomic E-state index is 12.9. The molecule has 8 nitrogen and oxygen atoms in total. The van der Waals surface area contributed by atoms with Crippen LogP contribution in [0.25, 0.3) is 0 Å². The molecule has 8 heteroatoms. The quantitative estimate of drug-likeness (QED) is 0.535. The van der Waals surface area contributed by atoms with E-state index >= 15 is 0 Å². The summed E-state index contributed by atoms with van der Waals surface area (Å²) in [5.74, 6) is 0.194. The molecule has 0 aromatic rings. The number of terminal acetylenes is 1. The zero-order valence-corrected chi connectivity index (χ0v) is 14.7. The monoisotopic (exact) mass is 364 g/mol. The predicted octanol–water partition coefficient (Wildman–Crippen LogP) is -0.0863. The number of aliphatic hydroxyl groups is 1. The molecule has 0 amide bonds. The van der Waals surface area contributed by atoms with Crippen molar-refractivity contribution in [3.05, 3.63) is 0 Å². The third-order valence-corrected chi connectivity index (χ3v) is 6.52. The normalized spacial score (nSPS) is 46.1. The fourth-order valence-corrected chi connectivity index (χ4v) is 5.45. The van der Waals surface area contributed by atoms with Crippen LogP contribution in [0.5, 0.6) is 0 Å². The van der Waals surface area contributed by atoms with Crippen LogP contribution in [0.1, 0.15) is 33.6 Å². The third kappa shape index (κ3) is 1.53. The lowest BCUT2D eigenvalue weighted by atomic mass is 9.52. The Kier molecular flexibility index (Phi) is 3.18. The van der Waals surface area contributed by atoms with E-state index in [1.165, 1.54) is 0 Å². The molecule has 4 fully saturated rings. The van der Waals surface area contributed by atoms with Gasteiger partial charge in [-0.2, -0.15) is 0 Å². The van der Waals surface area contributed by atoms with Gasteiger partial charge in [-0.3, -0.25) is 9.59 Å². The topological polar surface area (TPSA) is 108 Å². The summed E-state index contributed by atoms with van der Waals surface area (Å²) in [7, 11) is 0. The third-order valence-electron chi connectivity index (χ3n) is 6.52. The molecule has 140 valence electrons. The first-order valence-corrected chi connectivity index (χ1v) is 8.45. The van der Waals surface area contributed by atoms with Crippen LogP contribution in [0, 0.1) is 28.6 Å². The van der Waals surface area contributed by atoms with Gasteiger partial charge in [0.2, 0.25) is 0 Å². The van der Waals surface area contributed by atoms with Gasteiger partial charge in [0.1, 0.15) is 23.5 Å². The molecule has 3 unspecified atom stereocenters. The lowest BCUT2D eigenvalue weighted by Gasteiger charge is -2.50. The van der Waals surface area contributed by atoms with E-state index in [2.05, 4.69) is 5.92 Å². The predicted molar refractivity (Wildman–Crippen MR) is 82.9 cm³/mol. The second kappa shape index (κ2) is 4.78. The Morgan fingerprint density at radius 3 is 2.58 bits per heavy atom. The van der Waals surface area contributed by atoms with Gasteiger partial charge >= 0.3 is 17.9 Å². The molecule has 0 radical (unpaired) electrons. The highest BCUT2D eigenvalue weighted by Gasteiger charge is 2.93. The van der Waals surface area contributed by atoms with Crippen molar-refractivity contribution < 1.29 is 38.4 Å². The summed E-state index contributed by atoms with van der Waals surface area (Å²) in [6.45, 7) is 5.11. The molecule has 3 saturated heterocycles. The van der Waals surface area contributed by atoms with Gasteiger partial charge in [0.25, 0.3) is 6.29 Å². The lowest BCUT2D eigenvalue weighted by Crippen LogP contribution is -2.65. The van der Waals surface area contributed by atoms with E-state index in [4.69, 9.17) is 25.4 Å². The van der Waals surface area contributed by atoms with Crippen molar-refractivity contribution in [2.45, 2.75) is 57.7 Å². The Hall–Kier alpha value is -2.11. The van der Waals surface area contributed by atoms with Crippen molar-refractivity contribution in [2.75, 3.05) is 6.61 Å². The number of rotatable bonds is 2. The molecule has 4 rings (SSSR count). The molecular weight excluding hydrogens is 344 g/mol. The van der Waals surface area contributed by atoms with Crippen LogP contribution in [-0.2, 0) is 33.3 Å². The summed E-state index contributed by atoms with van der Waals surface area (Å²) in [6, 6.07) is 0. The second-order valence-electron chi connectivity index (χ2n) is 8.38. The molecule has 1 saturated carbocycles. The molecule has 26 heavy (non-hydrogen) atoms. The van der Waals surface area contributed by atoms with E-state index in [0.29, 0.717) is 0 Å². The minimum Gasteiger partial charge on any atom is -0.461 e. The summed E-state index contributed by atoms with van der Waals surface area (Å²) in [5.41, 5.74) is -5.63. The van der Waals surface area contributed by atoms with Gasteiger partial charge in [0, 0.05) is 6.42 Å². The summed E-state index contributed by atoms with van der Waals surface area (Å²) < 4.78 is 21.6. The molecule has 3 aliphatic heterocycles. The zero-order chi connectivity index (χ0) is 19.1. The highest BCUT2D eigenvalue weighted by atomic mass is 16.7. The number of hydrogen-bond donors (Lipinski definition) is 1. The second-order valence-corrected chi connectivity index (χ2v) is 8.38. The summed E-state index contributed by atoms with van der Waals surface area (Å²) in [4.78, 5) is 37.6. The van der Waals surface area contributed by atoms with Crippen LogP contribution in [-0.4, -0.2) is 53.7 Å². The fourth-order valence-electron chi connectivity index (χ4n) is 5.45. The summed E-state index contributed by atoms with van der Waals surface area (Å²) in [6.07, 6.45) is 1.29. The van der Waals surface area contributed by atoms with Crippen LogP contribution in [0.3, 0.4) is 0 Å². The van der Waals surface area contributed by atoms with Gasteiger partial charge in [0.05, 0.1) is 12.0 Å². The molecule has 0 bridgehead atoms. The van der Waals surface area contributed by atoms with Crippen molar-refractivity contribution in [2.24, 2.45) is 16.2 Å². The van der Waals surface area contributed by atoms with E-state index in [0.717, 1.165) is 0 Å². The molecule has 2 spiro atoms. The van der Waals surface area contributed by atoms with Crippen LogP contribution in [0.4, 0.5) is 0 Å². The van der Waals surface area contributed by atoms with E-state index in [9.17, 15) is 19.5 Å². The van der Waals surface area contributed by atoms with Crippen molar-refractivity contribution in [1.82, 2.24) is 0 Å². The maximum Gasteiger partial charge on any atom is 0.339 e. The Balaban J connectivity index is 2.01. The first-order valence-electron chi connectivity index (χ1n) is 8.45. The molecule has 1 N–H and O–H groups in total. The van der Waals surface area contributed by atoms with Gasteiger partial charge in [0.15, 0.2) is 6.10 Å². The van der Waals surface area contributed by atoms with Crippen molar-refractivity contribution in [3.63, 3.8) is 0 Å². The first-order chi connectivity index (χ1) is 12.1. The van der Waals surface area contributed by atoms with E-state index in [-0.39, 0.29) is 19.4 Å². The van der Waals surface area contributed by atoms with E-state index < -0.39 is 58.3 Å². The van der Waals surface area contributed by atoms with Gasteiger partial charge in [-0.25, -0.2) is 4.79 Å². The number of carbonyl (C=O) groups excluding carboxylic acids is 3. The molecule has 6 atom stereocenters. The van der Waals surface area contributed by atoms with Crippen LogP contribution in [0.15, 0.2) is 0 Å². The van der Waals surface area contributed by atoms with E-state index in [1.54, 1.807) is 20.8 Å². The Morgan fingerprint density at radius 2 is 1.96 bits per heavy atom. The maximum absolute atomic E-state index is 12.9. The Labute approximate surface area is 150 Å². The lowest BCUT2D eigenvalue weighted by molar-refractivity contribution is -0.229. The average Bonchev–Trinajstić information content (AvgIpc) is 3.12. The van der Waals surface area contributed by atoms with Gasteiger partial charge in [-0.15, -0.1) is 6.42 Å². The molecule has 0 aromatic heterocycles. The standard InChI is InChI=1S/C18H20O8/c1-5-6-23-11-12(20)25-14-18(11)16(13(21)26-14)8-10(19)24-9(16)7-17(18,22)15(2,3)4/h1,9,11,14,22H,6-8H2,2-4H3/t9-,11-,14?,16?,17+,18?/m0/s1. The minimum atomic E-state index is -1.65. The fraction of sp³-hybridized carbons (Fsp3) is 0.722. The van der Waals surface area contributed by atoms with Gasteiger partial charge in [-0.05, 0) is 5.41 Å². The molecule has 4 aliphatic rings. The molecular formula is C18H20O8. The Morgan fingerprint density at radius 1 is 1.27 bits per heavy atom. The van der Waals surface area contributed by atoms with Crippen LogP contribution >= 0.6 is 0 Å². The van der Waals surface area contributed by atoms with Crippen LogP contribution in [0.2, 0.25) is 0 Å². The number of hydrogen-bond acceptors (Lipinski definition) is 8. The number of carbonyl (C=O) groups is 3. The summed E-state index contributed by atoms with van der Waals surface area (Å²) >= 11 is 0. The summed E-state index contributed by atoms with van der Waals surface area (Å²) in [5, 5.41) is 11.9. The number of ether oxygens (including phenoxy) is 4. The first kappa shape index (κ1) is 17.3. The zero-order valence-electron chi connectivity index (χ0n) is 14.7. The SMILES string of the molecule is C#CCO[C@H]1C(=O)OC2OC(=O)C34CC(=O)O[C@H]3C[C@@](O)(C(C)(C)C)C214. The average molecular weight is 364 g/mol. The highest BCUT2D eigenvalue weighted by Crippen LogP contribution is 2.75. The minimum absolute atomic E-state index is 0.0274. The van der Waals surface area contributed by atoms with Crippen molar-refractivity contribution in [1.29, 1.82) is 0 Å². The van der Waals surface area contributed by atoms with Crippen molar-refractivity contribution in [3.8, 4) is 12.3 Å². The van der Waals surface area contributed by atoms with E-state index in [1.807, 2.05) is 0 Å². The largest absolute Gasteiger partial charge is 0.461 e. The number of esters is 3. The van der Waals surface area contributed by atoms with Gasteiger partial charge in [-0.1, -0.05) is 26.7 Å². The smallest absolute Gasteiger partial charge is 0.339 e. The van der Waals surface area contributed by atoms with Crippen molar-refractivity contribution >= 4 is 17.9 Å². The molecule has 3 heterocycles. The Bertz CT molecular complexity index is 760. The van der Waals surface area contributed by atoms with Crippen LogP contribution < -0.4 is 0 Å². The molecule has 0 aromatic carbocycles.